The SMILES string of the molecule is Cn1cnc(C(=O)NCc2ccc(F)cc2C(F)(F)F)c(O)c1=O. The third-order valence-corrected chi connectivity index (χ3v) is 3.14. The molecule has 128 valence electrons. The summed E-state index contributed by atoms with van der Waals surface area (Å²) in [6, 6.07) is 2.02. The van der Waals surface area contributed by atoms with Crippen LogP contribution in [0.1, 0.15) is 21.6 Å². The number of amides is 1. The molecule has 0 saturated heterocycles. The third kappa shape index (κ3) is 3.53. The number of nitrogens with one attached hydrogen (secondary N) is 1. The second-order valence-corrected chi connectivity index (χ2v) is 4.84. The normalized spacial score (nSPS) is 11.4. The van der Waals surface area contributed by atoms with Crippen LogP contribution in [0.25, 0.3) is 0 Å². The first-order chi connectivity index (χ1) is 11.1. The summed E-state index contributed by atoms with van der Waals surface area (Å²) in [5, 5.41) is 11.7. The molecule has 1 aromatic heterocycles. The lowest BCUT2D eigenvalue weighted by molar-refractivity contribution is -0.138. The summed E-state index contributed by atoms with van der Waals surface area (Å²) in [6.07, 6.45) is -3.82. The number of benzene rings is 1. The highest BCUT2D eigenvalue weighted by molar-refractivity contribution is 5.94. The van der Waals surface area contributed by atoms with Crippen LogP contribution in [0, 0.1) is 5.82 Å². The fourth-order valence-electron chi connectivity index (χ4n) is 1.92. The van der Waals surface area contributed by atoms with Gasteiger partial charge in [0.15, 0.2) is 5.69 Å². The lowest BCUT2D eigenvalue weighted by Gasteiger charge is -2.13. The maximum Gasteiger partial charge on any atom is 0.416 e. The molecular formula is C14H11F4N3O3. The number of carbonyl (C=O) groups excluding carboxylic acids is 1. The highest BCUT2D eigenvalue weighted by Gasteiger charge is 2.33. The first-order valence-corrected chi connectivity index (χ1v) is 6.49. The molecule has 0 aliphatic rings. The Labute approximate surface area is 132 Å². The number of hydrogen-bond acceptors (Lipinski definition) is 4. The smallest absolute Gasteiger partial charge is 0.416 e. The molecule has 0 aliphatic carbocycles. The Hall–Kier alpha value is -2.91. The third-order valence-electron chi connectivity index (χ3n) is 3.14. The summed E-state index contributed by atoms with van der Waals surface area (Å²) in [6.45, 7) is -0.593. The predicted molar refractivity (Wildman–Crippen MR) is 73.7 cm³/mol. The molecule has 0 bridgehead atoms. The monoisotopic (exact) mass is 345 g/mol. The topological polar surface area (TPSA) is 84.2 Å². The van der Waals surface area contributed by atoms with E-state index in [1.807, 2.05) is 0 Å². The molecule has 2 aromatic rings. The largest absolute Gasteiger partial charge is 0.501 e. The zero-order valence-electron chi connectivity index (χ0n) is 12.2. The summed E-state index contributed by atoms with van der Waals surface area (Å²) in [7, 11) is 1.30. The van der Waals surface area contributed by atoms with Crippen LogP contribution in [0.3, 0.4) is 0 Å². The maximum atomic E-state index is 13.0. The molecule has 0 saturated carbocycles. The molecule has 1 amide bonds. The van der Waals surface area contributed by atoms with Gasteiger partial charge in [0, 0.05) is 13.6 Å². The molecule has 0 aliphatic heterocycles. The lowest BCUT2D eigenvalue weighted by atomic mass is 10.1. The van der Waals surface area contributed by atoms with Gasteiger partial charge in [-0.2, -0.15) is 13.2 Å². The Bertz CT molecular complexity index is 846. The minimum atomic E-state index is -4.80. The Morgan fingerprint density at radius 1 is 1.38 bits per heavy atom. The van der Waals surface area contributed by atoms with E-state index in [0.717, 1.165) is 23.0 Å². The van der Waals surface area contributed by atoms with Gasteiger partial charge in [0.25, 0.3) is 11.5 Å². The van der Waals surface area contributed by atoms with Crippen LogP contribution < -0.4 is 10.9 Å². The van der Waals surface area contributed by atoms with Gasteiger partial charge >= 0.3 is 6.18 Å². The average molecular weight is 345 g/mol. The van der Waals surface area contributed by atoms with Crippen LogP contribution >= 0.6 is 0 Å². The van der Waals surface area contributed by atoms with Crippen molar-refractivity contribution in [1.29, 1.82) is 0 Å². The Morgan fingerprint density at radius 3 is 2.67 bits per heavy atom. The van der Waals surface area contributed by atoms with Crippen molar-refractivity contribution in [3.63, 3.8) is 0 Å². The van der Waals surface area contributed by atoms with Crippen LogP contribution in [0.4, 0.5) is 17.6 Å². The average Bonchev–Trinajstić information content (AvgIpc) is 2.50. The van der Waals surface area contributed by atoms with E-state index in [4.69, 9.17) is 0 Å². The number of aromatic nitrogens is 2. The van der Waals surface area contributed by atoms with Crippen LogP contribution in [0.2, 0.25) is 0 Å². The Kier molecular flexibility index (Phi) is 4.58. The number of carbonyl (C=O) groups is 1. The van der Waals surface area contributed by atoms with Crippen molar-refractivity contribution in [2.75, 3.05) is 0 Å². The summed E-state index contributed by atoms with van der Waals surface area (Å²) >= 11 is 0. The van der Waals surface area contributed by atoms with Crippen LogP contribution in [0.15, 0.2) is 29.3 Å². The van der Waals surface area contributed by atoms with E-state index in [1.54, 1.807) is 0 Å². The molecule has 1 aromatic carbocycles. The molecule has 1 heterocycles. The molecule has 0 fully saturated rings. The van der Waals surface area contributed by atoms with E-state index in [0.29, 0.717) is 6.07 Å². The molecule has 2 N–H and O–H groups in total. The van der Waals surface area contributed by atoms with E-state index in [-0.39, 0.29) is 5.56 Å². The van der Waals surface area contributed by atoms with Gasteiger partial charge in [-0.1, -0.05) is 6.07 Å². The molecule has 0 radical (unpaired) electrons. The first-order valence-electron chi connectivity index (χ1n) is 6.49. The Balaban J connectivity index is 2.25. The minimum absolute atomic E-state index is 0.315. The van der Waals surface area contributed by atoms with Gasteiger partial charge in [-0.05, 0) is 17.7 Å². The highest BCUT2D eigenvalue weighted by atomic mass is 19.4. The van der Waals surface area contributed by atoms with Crippen molar-refractivity contribution < 1.29 is 27.5 Å². The summed E-state index contributed by atoms with van der Waals surface area (Å²) < 4.78 is 52.5. The molecular weight excluding hydrogens is 334 g/mol. The van der Waals surface area contributed by atoms with Crippen molar-refractivity contribution >= 4 is 5.91 Å². The highest BCUT2D eigenvalue weighted by Crippen LogP contribution is 2.32. The number of nitrogens with zero attached hydrogens (tertiary/aromatic N) is 2. The van der Waals surface area contributed by atoms with Gasteiger partial charge < -0.3 is 10.4 Å². The van der Waals surface area contributed by atoms with Gasteiger partial charge in [-0.25, -0.2) is 9.37 Å². The van der Waals surface area contributed by atoms with Gasteiger partial charge in [-0.15, -0.1) is 0 Å². The van der Waals surface area contributed by atoms with Crippen molar-refractivity contribution in [1.82, 2.24) is 14.9 Å². The zero-order valence-corrected chi connectivity index (χ0v) is 12.2. The van der Waals surface area contributed by atoms with E-state index >= 15 is 0 Å². The maximum absolute atomic E-state index is 13.0. The minimum Gasteiger partial charge on any atom is -0.501 e. The second kappa shape index (κ2) is 6.30. The van der Waals surface area contributed by atoms with Crippen molar-refractivity contribution in [2.45, 2.75) is 12.7 Å². The quantitative estimate of drug-likeness (QED) is 0.827. The van der Waals surface area contributed by atoms with Crippen LogP contribution in [-0.4, -0.2) is 20.6 Å². The number of hydrogen-bond donors (Lipinski definition) is 2. The Morgan fingerprint density at radius 2 is 2.04 bits per heavy atom. The van der Waals surface area contributed by atoms with E-state index in [1.165, 1.54) is 7.05 Å². The van der Waals surface area contributed by atoms with Crippen molar-refractivity contribution in [3.05, 3.63) is 57.5 Å². The summed E-state index contributed by atoms with van der Waals surface area (Å²) in [4.78, 5) is 26.9. The lowest BCUT2D eigenvalue weighted by Crippen LogP contribution is -2.28. The van der Waals surface area contributed by atoms with Gasteiger partial charge in [-0.3, -0.25) is 14.2 Å². The van der Waals surface area contributed by atoms with E-state index < -0.39 is 47.0 Å². The molecule has 24 heavy (non-hydrogen) atoms. The fourth-order valence-corrected chi connectivity index (χ4v) is 1.92. The second-order valence-electron chi connectivity index (χ2n) is 4.84. The van der Waals surface area contributed by atoms with Gasteiger partial charge in [0.1, 0.15) is 5.82 Å². The van der Waals surface area contributed by atoms with Gasteiger partial charge in [0.05, 0.1) is 11.9 Å². The number of aryl methyl sites for hydroxylation is 1. The number of rotatable bonds is 3. The number of halogens is 4. The standard InChI is InChI=1S/C14H11F4N3O3/c1-21-6-20-10(11(22)13(21)24)12(23)19-5-7-2-3-8(15)4-9(7)14(16,17)18/h2-4,6,22H,5H2,1H3,(H,19,23). The van der Waals surface area contributed by atoms with E-state index in [2.05, 4.69) is 10.3 Å². The molecule has 10 heteroatoms. The predicted octanol–water partition coefficient (Wildman–Crippen LogP) is 1.57. The first kappa shape index (κ1) is 17.4. The molecule has 0 atom stereocenters. The fraction of sp³-hybridized carbons (Fsp3) is 0.214. The van der Waals surface area contributed by atoms with Crippen molar-refractivity contribution in [3.8, 4) is 5.75 Å². The molecule has 2 rings (SSSR count). The van der Waals surface area contributed by atoms with Gasteiger partial charge in [0.2, 0.25) is 5.75 Å². The summed E-state index contributed by atoms with van der Waals surface area (Å²) in [5.74, 6) is -3.03. The number of aromatic hydroxyl groups is 1. The van der Waals surface area contributed by atoms with Crippen molar-refractivity contribution in [2.24, 2.45) is 7.05 Å². The molecule has 0 unspecified atom stereocenters. The van der Waals surface area contributed by atoms with E-state index in [9.17, 15) is 32.3 Å². The molecule has 6 nitrogen and oxygen atoms in total. The summed E-state index contributed by atoms with van der Waals surface area (Å²) in [5.41, 5.74) is -3.11. The van der Waals surface area contributed by atoms with Crippen LogP contribution in [-0.2, 0) is 19.8 Å². The van der Waals surface area contributed by atoms with Crippen LogP contribution in [0.5, 0.6) is 5.75 Å². The zero-order chi connectivity index (χ0) is 18.1. The number of alkyl halides is 3. The molecule has 0 spiro atoms.